The zero-order chi connectivity index (χ0) is 14.5. The molecule has 106 valence electrons. The molecule has 0 aliphatic heterocycles. The molecule has 0 aromatic heterocycles. The van der Waals surface area contributed by atoms with Crippen LogP contribution in [-0.4, -0.2) is 17.7 Å². The molecule has 0 atom stereocenters. The van der Waals surface area contributed by atoms with E-state index in [9.17, 15) is 4.79 Å². The van der Waals surface area contributed by atoms with Crippen molar-refractivity contribution in [3.63, 3.8) is 0 Å². The summed E-state index contributed by atoms with van der Waals surface area (Å²) in [5, 5.41) is 8.90. The number of carboxylic acids is 1. The van der Waals surface area contributed by atoms with Crippen LogP contribution in [-0.2, 0) is 11.2 Å². The van der Waals surface area contributed by atoms with Crippen molar-refractivity contribution in [2.24, 2.45) is 5.41 Å². The van der Waals surface area contributed by atoms with E-state index < -0.39 is 5.97 Å². The average molecular weight is 329 g/mol. The van der Waals surface area contributed by atoms with Crippen molar-refractivity contribution >= 4 is 21.9 Å². The topological polar surface area (TPSA) is 46.5 Å². The Labute approximate surface area is 123 Å². The second-order valence-electron chi connectivity index (χ2n) is 5.42. The summed E-state index contributed by atoms with van der Waals surface area (Å²) in [6.07, 6.45) is 1.82. The van der Waals surface area contributed by atoms with E-state index in [0.717, 1.165) is 28.6 Å². The molecule has 0 saturated heterocycles. The molecule has 1 aromatic carbocycles. The maximum Gasteiger partial charge on any atom is 0.303 e. The maximum atomic E-state index is 10.8. The molecule has 0 heterocycles. The lowest BCUT2D eigenvalue weighted by molar-refractivity contribution is -0.139. The van der Waals surface area contributed by atoms with Crippen molar-refractivity contribution in [2.75, 3.05) is 6.61 Å². The number of carbonyl (C=O) groups is 1. The maximum absolute atomic E-state index is 10.8. The zero-order valence-corrected chi connectivity index (χ0v) is 13.3. The Kier molecular flexibility index (Phi) is 5.85. The summed E-state index contributed by atoms with van der Waals surface area (Å²) in [4.78, 5) is 10.8. The van der Waals surface area contributed by atoms with Gasteiger partial charge in [-0.3, -0.25) is 4.79 Å². The molecule has 0 bridgehead atoms. The van der Waals surface area contributed by atoms with Crippen LogP contribution in [0.1, 0.15) is 39.2 Å². The smallest absolute Gasteiger partial charge is 0.303 e. The minimum absolute atomic E-state index is 0.185. The molecule has 0 spiro atoms. The molecule has 0 fully saturated rings. The van der Waals surface area contributed by atoms with Gasteiger partial charge in [0, 0.05) is 4.47 Å². The van der Waals surface area contributed by atoms with E-state index in [1.807, 2.05) is 39.0 Å². The van der Waals surface area contributed by atoms with Crippen LogP contribution in [0.15, 0.2) is 22.7 Å². The molecule has 0 amide bonds. The van der Waals surface area contributed by atoms with Gasteiger partial charge in [0.1, 0.15) is 5.75 Å². The van der Waals surface area contributed by atoms with E-state index in [-0.39, 0.29) is 11.8 Å². The molecule has 0 aliphatic rings. The quantitative estimate of drug-likeness (QED) is 0.812. The fourth-order valence-electron chi connectivity index (χ4n) is 2.01. The first-order chi connectivity index (χ1) is 8.84. The first-order valence-corrected chi connectivity index (χ1v) is 7.26. The Morgan fingerprint density at radius 2 is 2.11 bits per heavy atom. The summed E-state index contributed by atoms with van der Waals surface area (Å²) in [6, 6.07) is 5.95. The average Bonchev–Trinajstić information content (AvgIpc) is 2.28. The minimum Gasteiger partial charge on any atom is -0.494 e. The Bertz CT molecular complexity index is 441. The van der Waals surface area contributed by atoms with Gasteiger partial charge in [-0.05, 0) is 48.9 Å². The second kappa shape index (κ2) is 6.94. The van der Waals surface area contributed by atoms with E-state index in [4.69, 9.17) is 9.84 Å². The van der Waals surface area contributed by atoms with Gasteiger partial charge >= 0.3 is 5.97 Å². The Morgan fingerprint density at radius 1 is 1.42 bits per heavy atom. The largest absolute Gasteiger partial charge is 0.494 e. The van der Waals surface area contributed by atoms with Gasteiger partial charge in [0.2, 0.25) is 0 Å². The Hall–Kier alpha value is -1.03. The Balaban J connectivity index is 2.75. The van der Waals surface area contributed by atoms with Crippen molar-refractivity contribution in [3.05, 3.63) is 28.2 Å². The number of aliphatic carboxylic acids is 1. The third-order valence-electron chi connectivity index (χ3n) is 3.02. The van der Waals surface area contributed by atoms with Crippen LogP contribution in [0, 0.1) is 5.41 Å². The van der Waals surface area contributed by atoms with Gasteiger partial charge in [0.15, 0.2) is 0 Å². The number of ether oxygens (including phenoxy) is 1. The lowest BCUT2D eigenvalue weighted by Crippen LogP contribution is -2.17. The Morgan fingerprint density at radius 3 is 2.68 bits per heavy atom. The molecule has 4 heteroatoms. The molecule has 0 aliphatic carbocycles. The molecule has 0 radical (unpaired) electrons. The first kappa shape index (κ1) is 16.0. The third-order valence-corrected chi connectivity index (χ3v) is 3.52. The highest BCUT2D eigenvalue weighted by atomic mass is 79.9. The number of aryl methyl sites for hydroxylation is 1. The molecule has 0 saturated carbocycles. The van der Waals surface area contributed by atoms with E-state index in [0.29, 0.717) is 6.61 Å². The number of halogens is 1. The van der Waals surface area contributed by atoms with Crippen molar-refractivity contribution in [1.82, 2.24) is 0 Å². The molecular formula is C15H21BrO3. The van der Waals surface area contributed by atoms with Crippen molar-refractivity contribution in [1.29, 1.82) is 0 Å². The summed E-state index contributed by atoms with van der Waals surface area (Å²) < 4.78 is 6.62. The summed E-state index contributed by atoms with van der Waals surface area (Å²) in [5.74, 6) is 0.140. The van der Waals surface area contributed by atoms with Gasteiger partial charge in [-0.15, -0.1) is 0 Å². The van der Waals surface area contributed by atoms with Crippen LogP contribution in [0.25, 0.3) is 0 Å². The minimum atomic E-state index is -0.746. The highest BCUT2D eigenvalue weighted by molar-refractivity contribution is 9.10. The lowest BCUT2D eigenvalue weighted by atomic mass is 9.83. The first-order valence-electron chi connectivity index (χ1n) is 6.47. The van der Waals surface area contributed by atoms with Crippen LogP contribution in [0.3, 0.4) is 0 Å². The van der Waals surface area contributed by atoms with Crippen LogP contribution < -0.4 is 4.74 Å². The molecule has 0 unspecified atom stereocenters. The summed E-state index contributed by atoms with van der Waals surface area (Å²) in [5.41, 5.74) is 0.909. The lowest BCUT2D eigenvalue weighted by Gasteiger charge is -2.23. The van der Waals surface area contributed by atoms with Gasteiger partial charge < -0.3 is 9.84 Å². The number of hydrogen-bond donors (Lipinski definition) is 1. The van der Waals surface area contributed by atoms with Crippen LogP contribution in [0.5, 0.6) is 5.75 Å². The van der Waals surface area contributed by atoms with Crippen molar-refractivity contribution < 1.29 is 14.6 Å². The molecule has 19 heavy (non-hydrogen) atoms. The van der Waals surface area contributed by atoms with Gasteiger partial charge in [-0.1, -0.05) is 29.8 Å². The predicted molar refractivity (Wildman–Crippen MR) is 79.7 cm³/mol. The fraction of sp³-hybridized carbons (Fsp3) is 0.533. The van der Waals surface area contributed by atoms with Gasteiger partial charge in [-0.2, -0.15) is 0 Å². The van der Waals surface area contributed by atoms with E-state index in [1.165, 1.54) is 0 Å². The van der Waals surface area contributed by atoms with Crippen molar-refractivity contribution in [2.45, 2.75) is 40.0 Å². The number of carboxylic acid groups (broad SMARTS) is 1. The third kappa shape index (κ3) is 5.64. The summed E-state index contributed by atoms with van der Waals surface area (Å²) >= 11 is 3.46. The molecule has 1 rings (SSSR count). The molecule has 3 nitrogen and oxygen atoms in total. The normalized spacial score (nSPS) is 11.4. The second-order valence-corrected chi connectivity index (χ2v) is 6.34. The highest BCUT2D eigenvalue weighted by Gasteiger charge is 2.22. The van der Waals surface area contributed by atoms with Gasteiger partial charge in [-0.25, -0.2) is 0 Å². The predicted octanol–water partition coefficient (Wildman–Crippen LogP) is 4.28. The molecule has 1 N–H and O–H groups in total. The summed E-state index contributed by atoms with van der Waals surface area (Å²) in [7, 11) is 0. The van der Waals surface area contributed by atoms with Crippen LogP contribution >= 0.6 is 15.9 Å². The number of rotatable bonds is 7. The SMILES string of the molecule is CCOc1ccc(Br)cc1CCC(C)(C)CC(=O)O. The van der Waals surface area contributed by atoms with E-state index in [1.54, 1.807) is 0 Å². The van der Waals surface area contributed by atoms with E-state index in [2.05, 4.69) is 15.9 Å². The van der Waals surface area contributed by atoms with Crippen molar-refractivity contribution in [3.8, 4) is 5.75 Å². The standard InChI is InChI=1S/C15H21BrO3/c1-4-19-13-6-5-12(16)9-11(13)7-8-15(2,3)10-14(17)18/h5-6,9H,4,7-8,10H2,1-3H3,(H,17,18). The van der Waals surface area contributed by atoms with Gasteiger partial charge in [0.25, 0.3) is 0 Å². The van der Waals surface area contributed by atoms with Gasteiger partial charge in [0.05, 0.1) is 13.0 Å². The fourth-order valence-corrected chi connectivity index (χ4v) is 2.42. The monoisotopic (exact) mass is 328 g/mol. The number of hydrogen-bond acceptors (Lipinski definition) is 2. The van der Waals surface area contributed by atoms with Crippen LogP contribution in [0.4, 0.5) is 0 Å². The molecule has 1 aromatic rings. The summed E-state index contributed by atoms with van der Waals surface area (Å²) in [6.45, 7) is 6.56. The molecular weight excluding hydrogens is 308 g/mol. The number of benzene rings is 1. The van der Waals surface area contributed by atoms with E-state index >= 15 is 0 Å². The zero-order valence-electron chi connectivity index (χ0n) is 11.7. The highest BCUT2D eigenvalue weighted by Crippen LogP contribution is 2.31. The van der Waals surface area contributed by atoms with Crippen LogP contribution in [0.2, 0.25) is 0 Å².